The minimum atomic E-state index is 0.397. The van der Waals surface area contributed by atoms with Gasteiger partial charge in [-0.1, -0.05) is 32.1 Å². The molecule has 0 aromatic carbocycles. The van der Waals surface area contributed by atoms with Crippen LogP contribution in [0.15, 0.2) is 0 Å². The first-order valence-electron chi connectivity index (χ1n) is 12.5. The third-order valence-electron chi connectivity index (χ3n) is 8.35. The third-order valence-corrected chi connectivity index (χ3v) is 8.35. The molecule has 1 aliphatic carbocycles. The Kier molecular flexibility index (Phi) is 7.52. The van der Waals surface area contributed by atoms with Crippen molar-refractivity contribution in [3.63, 3.8) is 0 Å². The van der Waals surface area contributed by atoms with Crippen LogP contribution in [0.5, 0.6) is 0 Å². The van der Waals surface area contributed by atoms with Gasteiger partial charge in [0.05, 0.1) is 0 Å². The first-order chi connectivity index (χ1) is 14.1. The van der Waals surface area contributed by atoms with Crippen LogP contribution in [0.25, 0.3) is 0 Å². The smallest absolute Gasteiger partial charge is 0.223 e. The van der Waals surface area contributed by atoms with E-state index in [4.69, 9.17) is 0 Å². The van der Waals surface area contributed by atoms with E-state index >= 15 is 0 Å². The lowest BCUT2D eigenvalue weighted by molar-refractivity contribution is -0.131. The van der Waals surface area contributed by atoms with Crippen molar-refractivity contribution in [3.8, 4) is 0 Å². The van der Waals surface area contributed by atoms with Gasteiger partial charge >= 0.3 is 0 Å². The first kappa shape index (κ1) is 21.6. The highest BCUT2D eigenvalue weighted by atomic mass is 16.2. The second-order valence-corrected chi connectivity index (χ2v) is 10.6. The molecule has 29 heavy (non-hydrogen) atoms. The van der Waals surface area contributed by atoms with Gasteiger partial charge in [-0.3, -0.25) is 4.79 Å². The zero-order valence-corrected chi connectivity index (χ0v) is 18.9. The van der Waals surface area contributed by atoms with Crippen LogP contribution in [0.4, 0.5) is 0 Å². The summed E-state index contributed by atoms with van der Waals surface area (Å²) in [5, 5.41) is 0. The molecule has 1 atom stereocenters. The lowest BCUT2D eigenvalue weighted by atomic mass is 9.79. The Morgan fingerprint density at radius 1 is 0.828 bits per heavy atom. The molecule has 5 heteroatoms. The molecule has 0 N–H and O–H groups in total. The Balaban J connectivity index is 1.19. The molecule has 0 radical (unpaired) electrons. The van der Waals surface area contributed by atoms with Crippen LogP contribution in [0.2, 0.25) is 0 Å². The largest absolute Gasteiger partial charge is 0.342 e. The summed E-state index contributed by atoms with van der Waals surface area (Å²) in [6.45, 7) is 11.3. The topological polar surface area (TPSA) is 30.0 Å². The Morgan fingerprint density at radius 2 is 1.62 bits per heavy atom. The standard InChI is InChI=1S/C24H44N4O/c1-25-16-18-26(19-17-25)14-9-23(29)28-15-11-24(21-28)10-5-12-27(20-24)13-8-22-6-3-2-4-7-22/h22H,2-21H2,1H3/t24-/m1/s1. The summed E-state index contributed by atoms with van der Waals surface area (Å²) in [6.07, 6.45) is 13.3. The molecule has 3 heterocycles. The van der Waals surface area contributed by atoms with Gasteiger partial charge in [0.2, 0.25) is 5.91 Å². The molecular formula is C24H44N4O. The van der Waals surface area contributed by atoms with Crippen LogP contribution in [-0.4, -0.2) is 98.0 Å². The number of likely N-dealkylation sites (N-methyl/N-ethyl adjacent to an activating group) is 1. The molecule has 3 aliphatic heterocycles. The average Bonchev–Trinajstić information content (AvgIpc) is 3.15. The molecular weight excluding hydrogens is 360 g/mol. The van der Waals surface area contributed by atoms with E-state index in [9.17, 15) is 4.79 Å². The van der Waals surface area contributed by atoms with E-state index in [-0.39, 0.29) is 0 Å². The second kappa shape index (κ2) is 10.1. The van der Waals surface area contributed by atoms with E-state index in [1.165, 1.54) is 77.4 Å². The van der Waals surface area contributed by atoms with Gasteiger partial charge in [0.25, 0.3) is 0 Å². The molecule has 5 nitrogen and oxygen atoms in total. The summed E-state index contributed by atoms with van der Waals surface area (Å²) in [5.74, 6) is 1.39. The van der Waals surface area contributed by atoms with Crippen molar-refractivity contribution < 1.29 is 4.79 Å². The number of piperazine rings is 1. The van der Waals surface area contributed by atoms with Gasteiger partial charge in [-0.05, 0) is 51.7 Å². The van der Waals surface area contributed by atoms with E-state index in [0.29, 0.717) is 17.7 Å². The fourth-order valence-electron chi connectivity index (χ4n) is 6.31. The highest BCUT2D eigenvalue weighted by molar-refractivity contribution is 5.76. The Bertz CT molecular complexity index is 527. The molecule has 3 saturated heterocycles. The maximum absolute atomic E-state index is 12.9. The number of amides is 1. The number of likely N-dealkylation sites (tertiary alicyclic amines) is 2. The normalized spacial score (nSPS) is 31.0. The van der Waals surface area contributed by atoms with Crippen molar-refractivity contribution in [1.82, 2.24) is 19.6 Å². The number of hydrogen-bond acceptors (Lipinski definition) is 4. The minimum Gasteiger partial charge on any atom is -0.342 e. The SMILES string of the molecule is CN1CCN(CCC(=O)N2CC[C@@]3(CCCN(CCC4CCCCC4)C3)C2)CC1. The van der Waals surface area contributed by atoms with E-state index in [1.54, 1.807) is 0 Å². The van der Waals surface area contributed by atoms with Crippen molar-refractivity contribution in [3.05, 3.63) is 0 Å². The van der Waals surface area contributed by atoms with Crippen LogP contribution in [0.3, 0.4) is 0 Å². The Hall–Kier alpha value is -0.650. The van der Waals surface area contributed by atoms with Crippen LogP contribution in [0, 0.1) is 11.3 Å². The fourth-order valence-corrected chi connectivity index (χ4v) is 6.31. The van der Waals surface area contributed by atoms with Gasteiger partial charge in [-0.25, -0.2) is 0 Å². The van der Waals surface area contributed by atoms with Crippen molar-refractivity contribution in [2.24, 2.45) is 11.3 Å². The molecule has 1 saturated carbocycles. The lowest BCUT2D eigenvalue weighted by Crippen LogP contribution is -2.47. The number of carbonyl (C=O) groups is 1. The molecule has 4 aliphatic rings. The number of hydrogen-bond donors (Lipinski definition) is 0. The highest BCUT2D eigenvalue weighted by Gasteiger charge is 2.42. The van der Waals surface area contributed by atoms with Crippen LogP contribution >= 0.6 is 0 Å². The molecule has 0 aromatic heterocycles. The van der Waals surface area contributed by atoms with E-state index in [1.807, 2.05) is 0 Å². The van der Waals surface area contributed by atoms with Crippen molar-refractivity contribution >= 4 is 5.91 Å². The van der Waals surface area contributed by atoms with Crippen molar-refractivity contribution in [2.75, 3.05) is 72.5 Å². The van der Waals surface area contributed by atoms with Crippen LogP contribution in [-0.2, 0) is 4.79 Å². The molecule has 4 rings (SSSR count). The van der Waals surface area contributed by atoms with Crippen molar-refractivity contribution in [1.29, 1.82) is 0 Å². The summed E-state index contributed by atoms with van der Waals surface area (Å²) in [5.41, 5.74) is 0.397. The highest BCUT2D eigenvalue weighted by Crippen LogP contribution is 2.39. The second-order valence-electron chi connectivity index (χ2n) is 10.6. The number of piperidine rings is 1. The first-order valence-corrected chi connectivity index (χ1v) is 12.5. The van der Waals surface area contributed by atoms with Crippen LogP contribution < -0.4 is 0 Å². The molecule has 166 valence electrons. The van der Waals surface area contributed by atoms with Gasteiger partial charge < -0.3 is 19.6 Å². The van der Waals surface area contributed by atoms with Gasteiger partial charge in [0.1, 0.15) is 0 Å². The van der Waals surface area contributed by atoms with Gasteiger partial charge in [-0.15, -0.1) is 0 Å². The zero-order chi connectivity index (χ0) is 20.1. The predicted octanol–water partition coefficient (Wildman–Crippen LogP) is 2.91. The molecule has 4 fully saturated rings. The monoisotopic (exact) mass is 404 g/mol. The minimum absolute atomic E-state index is 0.397. The maximum Gasteiger partial charge on any atom is 0.223 e. The molecule has 1 spiro atoms. The fraction of sp³-hybridized carbons (Fsp3) is 0.958. The van der Waals surface area contributed by atoms with Crippen LogP contribution in [0.1, 0.15) is 64.2 Å². The van der Waals surface area contributed by atoms with Gasteiger partial charge in [0.15, 0.2) is 0 Å². The summed E-state index contributed by atoms with van der Waals surface area (Å²) in [7, 11) is 2.19. The quantitative estimate of drug-likeness (QED) is 0.681. The summed E-state index contributed by atoms with van der Waals surface area (Å²) in [4.78, 5) is 22.7. The third kappa shape index (κ3) is 5.95. The van der Waals surface area contributed by atoms with Crippen molar-refractivity contribution in [2.45, 2.75) is 64.2 Å². The van der Waals surface area contributed by atoms with E-state index in [2.05, 4.69) is 26.6 Å². The number of rotatable bonds is 6. The van der Waals surface area contributed by atoms with E-state index < -0.39 is 0 Å². The Labute approximate surface area is 178 Å². The number of carbonyl (C=O) groups excluding carboxylic acids is 1. The van der Waals surface area contributed by atoms with E-state index in [0.717, 1.165) is 51.7 Å². The predicted molar refractivity (Wildman–Crippen MR) is 119 cm³/mol. The summed E-state index contributed by atoms with van der Waals surface area (Å²) >= 11 is 0. The van der Waals surface area contributed by atoms with Gasteiger partial charge in [0, 0.05) is 64.2 Å². The van der Waals surface area contributed by atoms with Gasteiger partial charge in [-0.2, -0.15) is 0 Å². The molecule has 0 aromatic rings. The Morgan fingerprint density at radius 3 is 2.41 bits per heavy atom. The molecule has 1 amide bonds. The lowest BCUT2D eigenvalue weighted by Gasteiger charge is -2.41. The molecule has 0 unspecified atom stereocenters. The number of nitrogens with zero attached hydrogens (tertiary/aromatic N) is 4. The zero-order valence-electron chi connectivity index (χ0n) is 18.9. The maximum atomic E-state index is 12.9. The molecule has 0 bridgehead atoms. The summed E-state index contributed by atoms with van der Waals surface area (Å²) in [6, 6.07) is 0. The summed E-state index contributed by atoms with van der Waals surface area (Å²) < 4.78 is 0. The average molecular weight is 405 g/mol.